The van der Waals surface area contributed by atoms with Gasteiger partial charge in [0.2, 0.25) is 5.91 Å². The Bertz CT molecular complexity index is 705. The van der Waals surface area contributed by atoms with Gasteiger partial charge in [-0.05, 0) is 19.1 Å². The van der Waals surface area contributed by atoms with Crippen molar-refractivity contribution in [1.29, 1.82) is 0 Å². The number of carbonyl (C=O) groups is 2. The molecule has 1 amide bonds. The highest BCUT2D eigenvalue weighted by atomic mass is 32.2. The fourth-order valence-electron chi connectivity index (χ4n) is 1.76. The van der Waals surface area contributed by atoms with E-state index in [0.717, 1.165) is 11.8 Å². The molecule has 2 N–H and O–H groups in total. The molecule has 118 valence electrons. The van der Waals surface area contributed by atoms with E-state index in [2.05, 4.69) is 20.0 Å². The third kappa shape index (κ3) is 3.73. The lowest BCUT2D eigenvalue weighted by Gasteiger charge is -2.09. The van der Waals surface area contributed by atoms with E-state index in [1.165, 1.54) is 32.2 Å². The number of fused-ring (bicyclic) bond motifs is 1. The maximum Gasteiger partial charge on any atom is 0.387 e. The molecule has 0 spiro atoms. The zero-order valence-corrected chi connectivity index (χ0v) is 12.5. The number of H-pyrrole nitrogens is 1. The molecule has 1 heterocycles. The highest BCUT2D eigenvalue weighted by molar-refractivity contribution is 8.01. The number of carbonyl (C=O) groups excluding carboxylic acids is 2. The lowest BCUT2D eigenvalue weighted by Crippen LogP contribution is -2.34. The molecular weight excluding hydrogens is 316 g/mol. The van der Waals surface area contributed by atoms with Crippen LogP contribution in [-0.2, 0) is 9.59 Å². The van der Waals surface area contributed by atoms with Crippen molar-refractivity contribution in [2.24, 2.45) is 0 Å². The van der Waals surface area contributed by atoms with Gasteiger partial charge in [0.15, 0.2) is 10.9 Å². The van der Waals surface area contributed by atoms with Crippen molar-refractivity contribution in [2.45, 2.75) is 23.9 Å². The SMILES string of the molecule is CNC(=O)[C@@H](Sc1nc2ccc(OC(F)F)cc2[nH]1)C(C)=O. The van der Waals surface area contributed by atoms with Crippen molar-refractivity contribution in [3.05, 3.63) is 18.2 Å². The summed E-state index contributed by atoms with van der Waals surface area (Å²) in [4.78, 5) is 30.2. The van der Waals surface area contributed by atoms with Crippen LogP contribution in [-0.4, -0.2) is 40.6 Å². The van der Waals surface area contributed by atoms with E-state index in [9.17, 15) is 18.4 Å². The standard InChI is InChI=1S/C13H13F2N3O3S/c1-6(19)10(11(20)16-2)22-13-17-8-4-3-7(21-12(14)15)5-9(8)18-13/h3-5,10,12H,1-2H3,(H,16,20)(H,17,18)/t10-/m0/s1. The molecule has 9 heteroatoms. The van der Waals surface area contributed by atoms with Crippen LogP contribution in [0, 0.1) is 0 Å². The van der Waals surface area contributed by atoms with Gasteiger partial charge >= 0.3 is 6.61 Å². The number of hydrogen-bond donors (Lipinski definition) is 2. The van der Waals surface area contributed by atoms with Crippen molar-refractivity contribution >= 4 is 34.5 Å². The second-order valence-corrected chi connectivity index (χ2v) is 5.42. The van der Waals surface area contributed by atoms with Crippen LogP contribution < -0.4 is 10.1 Å². The number of amides is 1. The topological polar surface area (TPSA) is 84.1 Å². The van der Waals surface area contributed by atoms with Gasteiger partial charge in [-0.15, -0.1) is 0 Å². The summed E-state index contributed by atoms with van der Waals surface area (Å²) in [6.45, 7) is -1.60. The summed E-state index contributed by atoms with van der Waals surface area (Å²) in [6.07, 6.45) is 0. The van der Waals surface area contributed by atoms with Crippen LogP contribution >= 0.6 is 11.8 Å². The van der Waals surface area contributed by atoms with Gasteiger partial charge in [0.25, 0.3) is 0 Å². The van der Waals surface area contributed by atoms with Gasteiger partial charge < -0.3 is 15.0 Å². The van der Waals surface area contributed by atoms with E-state index in [4.69, 9.17) is 0 Å². The molecule has 6 nitrogen and oxygen atoms in total. The third-order valence-corrected chi connectivity index (χ3v) is 3.94. The molecule has 0 saturated carbocycles. The molecule has 1 aromatic carbocycles. The number of thioether (sulfide) groups is 1. The normalized spacial score (nSPS) is 12.4. The number of ether oxygens (including phenoxy) is 1. The van der Waals surface area contributed by atoms with Gasteiger partial charge in [0, 0.05) is 13.1 Å². The van der Waals surface area contributed by atoms with Crippen molar-refractivity contribution in [3.63, 3.8) is 0 Å². The van der Waals surface area contributed by atoms with Gasteiger partial charge in [0.05, 0.1) is 11.0 Å². The number of nitrogens with zero attached hydrogens (tertiary/aromatic N) is 1. The van der Waals surface area contributed by atoms with E-state index in [1.54, 1.807) is 0 Å². The highest BCUT2D eigenvalue weighted by Crippen LogP contribution is 2.27. The van der Waals surface area contributed by atoms with Gasteiger partial charge in [-0.1, -0.05) is 11.8 Å². The van der Waals surface area contributed by atoms with Crippen molar-refractivity contribution in [2.75, 3.05) is 7.05 Å². The number of rotatable bonds is 6. The minimum atomic E-state index is -2.91. The van der Waals surface area contributed by atoms with Crippen LogP contribution in [0.15, 0.2) is 23.4 Å². The summed E-state index contributed by atoms with van der Waals surface area (Å²) >= 11 is 0.958. The summed E-state index contributed by atoms with van der Waals surface area (Å²) in [5.74, 6) is -0.747. The Labute approximate surface area is 128 Å². The smallest absolute Gasteiger partial charge is 0.387 e. The predicted octanol–water partition coefficient (Wildman–Crippen LogP) is 1.96. The molecule has 1 aromatic heterocycles. The molecule has 0 aliphatic rings. The molecule has 2 rings (SSSR count). The third-order valence-electron chi connectivity index (χ3n) is 2.74. The summed E-state index contributed by atoms with van der Waals surface area (Å²) in [5.41, 5.74) is 0.989. The molecule has 0 bridgehead atoms. The summed E-state index contributed by atoms with van der Waals surface area (Å²) in [6, 6.07) is 4.25. The molecule has 2 aromatic rings. The van der Waals surface area contributed by atoms with Crippen LogP contribution in [0.25, 0.3) is 11.0 Å². The van der Waals surface area contributed by atoms with Crippen LogP contribution in [0.1, 0.15) is 6.92 Å². The number of ketones is 1. The monoisotopic (exact) mass is 329 g/mol. The molecule has 0 unspecified atom stereocenters. The van der Waals surface area contributed by atoms with Gasteiger partial charge in [-0.2, -0.15) is 8.78 Å². The molecule has 0 aliphatic carbocycles. The first-order valence-electron chi connectivity index (χ1n) is 6.24. The predicted molar refractivity (Wildman–Crippen MR) is 77.1 cm³/mol. The van der Waals surface area contributed by atoms with Gasteiger partial charge in [-0.3, -0.25) is 9.59 Å². The Morgan fingerprint density at radius 2 is 2.14 bits per heavy atom. The summed E-state index contributed by atoms with van der Waals surface area (Å²) < 4.78 is 28.7. The summed E-state index contributed by atoms with van der Waals surface area (Å²) in [5, 5.41) is 1.82. The number of aromatic amines is 1. The Kier molecular flexibility index (Phi) is 4.96. The number of benzene rings is 1. The fraction of sp³-hybridized carbons (Fsp3) is 0.308. The van der Waals surface area contributed by atoms with Crippen LogP contribution in [0.3, 0.4) is 0 Å². The second-order valence-electron chi connectivity index (χ2n) is 4.32. The molecule has 22 heavy (non-hydrogen) atoms. The van der Waals surface area contributed by atoms with Crippen molar-refractivity contribution in [1.82, 2.24) is 15.3 Å². The fourth-order valence-corrected chi connectivity index (χ4v) is 2.70. The van der Waals surface area contributed by atoms with Crippen LogP contribution in [0.4, 0.5) is 8.78 Å². The molecular formula is C13H13F2N3O3S. The first-order valence-corrected chi connectivity index (χ1v) is 7.12. The molecule has 0 saturated heterocycles. The quantitative estimate of drug-likeness (QED) is 0.625. The number of alkyl halides is 2. The molecule has 0 aliphatic heterocycles. The largest absolute Gasteiger partial charge is 0.435 e. The maximum atomic E-state index is 12.2. The Morgan fingerprint density at radius 3 is 2.73 bits per heavy atom. The molecule has 1 atom stereocenters. The number of nitrogens with one attached hydrogen (secondary N) is 2. The molecule has 0 radical (unpaired) electrons. The number of hydrogen-bond acceptors (Lipinski definition) is 5. The van der Waals surface area contributed by atoms with E-state index in [0.29, 0.717) is 16.2 Å². The lowest BCUT2D eigenvalue weighted by atomic mass is 10.3. The van der Waals surface area contributed by atoms with Crippen molar-refractivity contribution < 1.29 is 23.1 Å². The number of halogens is 2. The van der Waals surface area contributed by atoms with E-state index >= 15 is 0 Å². The zero-order valence-electron chi connectivity index (χ0n) is 11.7. The lowest BCUT2D eigenvalue weighted by molar-refractivity contribution is -0.126. The number of imidazole rings is 1. The van der Waals surface area contributed by atoms with E-state index < -0.39 is 17.8 Å². The maximum absolute atomic E-state index is 12.2. The average molecular weight is 329 g/mol. The highest BCUT2D eigenvalue weighted by Gasteiger charge is 2.25. The zero-order chi connectivity index (χ0) is 16.3. The van der Waals surface area contributed by atoms with E-state index in [-0.39, 0.29) is 11.5 Å². The van der Waals surface area contributed by atoms with E-state index in [1.807, 2.05) is 0 Å². The minimum absolute atomic E-state index is 0.00267. The van der Waals surface area contributed by atoms with Gasteiger partial charge in [-0.25, -0.2) is 4.98 Å². The van der Waals surface area contributed by atoms with Crippen LogP contribution in [0.2, 0.25) is 0 Å². The average Bonchev–Trinajstić information content (AvgIpc) is 2.84. The van der Waals surface area contributed by atoms with Crippen LogP contribution in [0.5, 0.6) is 5.75 Å². The van der Waals surface area contributed by atoms with Gasteiger partial charge in [0.1, 0.15) is 11.0 Å². The molecule has 0 fully saturated rings. The second kappa shape index (κ2) is 6.73. The number of aromatic nitrogens is 2. The minimum Gasteiger partial charge on any atom is -0.435 e. The Morgan fingerprint density at radius 1 is 1.41 bits per heavy atom. The Hall–Kier alpha value is -2.16. The Balaban J connectivity index is 2.25. The number of Topliss-reactive ketones (excluding diaryl/α,β-unsaturated/α-hetero) is 1. The first kappa shape index (κ1) is 16.2. The first-order chi connectivity index (χ1) is 10.4. The van der Waals surface area contributed by atoms with Crippen molar-refractivity contribution in [3.8, 4) is 5.75 Å². The summed E-state index contributed by atoms with van der Waals surface area (Å²) in [7, 11) is 1.44.